The first-order chi connectivity index (χ1) is 20.7. The summed E-state index contributed by atoms with van der Waals surface area (Å²) in [6.45, 7) is 8.14. The maximum absolute atomic E-state index is 14.1. The molecule has 0 spiro atoms. The van der Waals surface area contributed by atoms with Gasteiger partial charge in [-0.05, 0) is 76.5 Å². The summed E-state index contributed by atoms with van der Waals surface area (Å²) in [6, 6.07) is 8.23. The van der Waals surface area contributed by atoms with Crippen molar-refractivity contribution in [2.45, 2.75) is 102 Å². The highest BCUT2D eigenvalue weighted by atomic mass is 35.5. The number of amides is 5. The van der Waals surface area contributed by atoms with Crippen LogP contribution in [0.15, 0.2) is 24.3 Å². The van der Waals surface area contributed by atoms with Crippen molar-refractivity contribution in [2.24, 2.45) is 0 Å². The van der Waals surface area contributed by atoms with E-state index in [2.05, 4.69) is 10.2 Å². The number of halogens is 1. The molecule has 1 saturated carbocycles. The highest BCUT2D eigenvalue weighted by Gasteiger charge is 2.37. The first-order valence-electron chi connectivity index (χ1n) is 16.5. The quantitative estimate of drug-likeness (QED) is 0.420. The minimum atomic E-state index is -0.356. The molecule has 5 amide bonds. The fourth-order valence-corrected chi connectivity index (χ4v) is 7.20. The largest absolute Gasteiger partial charge is 0.341 e. The van der Waals surface area contributed by atoms with E-state index in [0.717, 1.165) is 44.1 Å². The van der Waals surface area contributed by atoms with Gasteiger partial charge in [-0.3, -0.25) is 4.79 Å². The van der Waals surface area contributed by atoms with Gasteiger partial charge in [0.1, 0.15) is 0 Å². The van der Waals surface area contributed by atoms with E-state index in [1.54, 1.807) is 4.90 Å². The summed E-state index contributed by atoms with van der Waals surface area (Å²) in [4.78, 5) is 49.9. The molecule has 0 radical (unpaired) electrons. The second kappa shape index (κ2) is 16.0. The molecule has 240 valence electrons. The Bertz CT molecular complexity index is 1040. The molecule has 43 heavy (non-hydrogen) atoms. The number of carbonyl (C=O) groups excluding carboxylic acids is 3. The van der Waals surface area contributed by atoms with Crippen molar-refractivity contribution < 1.29 is 14.4 Å². The molecule has 0 bridgehead atoms. The van der Waals surface area contributed by atoms with Gasteiger partial charge in [0.25, 0.3) is 0 Å². The van der Waals surface area contributed by atoms with E-state index in [4.69, 9.17) is 11.6 Å². The summed E-state index contributed by atoms with van der Waals surface area (Å²) in [5.74, 6) is 0.123. The third-order valence-corrected chi connectivity index (χ3v) is 9.88. The molecule has 1 atom stereocenters. The van der Waals surface area contributed by atoms with E-state index in [9.17, 15) is 14.4 Å². The van der Waals surface area contributed by atoms with Gasteiger partial charge in [0.05, 0.1) is 6.04 Å². The van der Waals surface area contributed by atoms with Crippen molar-refractivity contribution in [1.82, 2.24) is 29.8 Å². The van der Waals surface area contributed by atoms with Gasteiger partial charge in [0, 0.05) is 76.5 Å². The number of nitrogens with zero attached hydrogens (tertiary/aromatic N) is 5. The number of nitrogens with one attached hydrogen (secondary N) is 1. The molecule has 2 saturated heterocycles. The number of benzene rings is 1. The highest BCUT2D eigenvalue weighted by Crippen LogP contribution is 2.29. The van der Waals surface area contributed by atoms with Crippen LogP contribution in [0.5, 0.6) is 0 Å². The molecule has 4 rings (SSSR count). The van der Waals surface area contributed by atoms with E-state index >= 15 is 0 Å². The summed E-state index contributed by atoms with van der Waals surface area (Å²) < 4.78 is 0. The molecule has 1 N–H and O–H groups in total. The molecular weight excluding hydrogens is 564 g/mol. The standard InChI is InChI=1S/C33H53ClN6O3/c1-5-37(6-2)33(43)39-20-16-27(17-21-39)35-30(24-25-12-14-26(34)15-13-25)31(41)38-22-18-29(19-23-38)40(32(42)36(3)4)28-10-8-7-9-11-28/h12-15,27-30,35H,5-11,16-24H2,1-4H3/t30-/m1/s1. The van der Waals surface area contributed by atoms with Crippen molar-refractivity contribution in [3.05, 3.63) is 34.9 Å². The van der Waals surface area contributed by atoms with Crippen LogP contribution >= 0.6 is 11.6 Å². The summed E-state index contributed by atoms with van der Waals surface area (Å²) in [5.41, 5.74) is 1.07. The molecule has 10 heteroatoms. The fraction of sp³-hybridized carbons (Fsp3) is 0.727. The van der Waals surface area contributed by atoms with Crippen LogP contribution in [0.25, 0.3) is 0 Å². The van der Waals surface area contributed by atoms with Crippen LogP contribution in [-0.4, -0.2) is 120 Å². The van der Waals surface area contributed by atoms with Gasteiger partial charge in [-0.1, -0.05) is 43.0 Å². The second-order valence-corrected chi connectivity index (χ2v) is 13.1. The third kappa shape index (κ3) is 8.78. The van der Waals surface area contributed by atoms with Crippen molar-refractivity contribution in [1.29, 1.82) is 0 Å². The summed E-state index contributed by atoms with van der Waals surface area (Å²) >= 11 is 6.15. The molecule has 1 aromatic rings. The lowest BCUT2D eigenvalue weighted by Gasteiger charge is -2.45. The van der Waals surface area contributed by atoms with E-state index in [1.807, 2.05) is 66.9 Å². The first-order valence-corrected chi connectivity index (χ1v) is 16.9. The SMILES string of the molecule is CCN(CC)C(=O)N1CCC(N[C@H](Cc2ccc(Cl)cc2)C(=O)N2CCC(N(C(=O)N(C)C)C3CCCCC3)CC2)CC1. The van der Waals surface area contributed by atoms with E-state index < -0.39 is 0 Å². The minimum absolute atomic E-state index is 0.102. The van der Waals surface area contributed by atoms with Gasteiger partial charge in [-0.25, -0.2) is 9.59 Å². The van der Waals surface area contributed by atoms with Crippen LogP contribution in [0.1, 0.15) is 77.2 Å². The number of likely N-dealkylation sites (tertiary alicyclic amines) is 2. The van der Waals surface area contributed by atoms with Crippen LogP contribution in [0.2, 0.25) is 5.02 Å². The lowest BCUT2D eigenvalue weighted by atomic mass is 9.91. The van der Waals surface area contributed by atoms with Gasteiger partial charge >= 0.3 is 12.1 Å². The zero-order chi connectivity index (χ0) is 30.9. The van der Waals surface area contributed by atoms with E-state index in [-0.39, 0.29) is 36.1 Å². The average molecular weight is 617 g/mol. The van der Waals surface area contributed by atoms with Crippen molar-refractivity contribution in [3.63, 3.8) is 0 Å². The minimum Gasteiger partial charge on any atom is -0.341 e. The van der Waals surface area contributed by atoms with Gasteiger partial charge in [-0.2, -0.15) is 0 Å². The number of urea groups is 2. The highest BCUT2D eigenvalue weighted by molar-refractivity contribution is 6.30. The Labute approximate surface area is 263 Å². The van der Waals surface area contributed by atoms with Crippen LogP contribution in [0.4, 0.5) is 9.59 Å². The van der Waals surface area contributed by atoms with Crippen LogP contribution in [-0.2, 0) is 11.2 Å². The molecule has 3 aliphatic rings. The zero-order valence-corrected chi connectivity index (χ0v) is 27.5. The molecule has 0 unspecified atom stereocenters. The Balaban J connectivity index is 1.40. The number of carbonyl (C=O) groups is 3. The number of hydrogen-bond donors (Lipinski definition) is 1. The van der Waals surface area contributed by atoms with Crippen LogP contribution in [0.3, 0.4) is 0 Å². The van der Waals surface area contributed by atoms with Gasteiger partial charge in [0.15, 0.2) is 0 Å². The van der Waals surface area contributed by atoms with Crippen molar-refractivity contribution in [2.75, 3.05) is 53.4 Å². The molecule has 1 aliphatic carbocycles. The van der Waals surface area contributed by atoms with Gasteiger partial charge in [-0.15, -0.1) is 0 Å². The third-order valence-electron chi connectivity index (χ3n) is 9.63. The Hall–Kier alpha value is -2.52. The van der Waals surface area contributed by atoms with Crippen LogP contribution in [0, 0.1) is 0 Å². The molecule has 3 fully saturated rings. The monoisotopic (exact) mass is 616 g/mol. The molecular formula is C33H53ClN6O3. The molecule has 9 nitrogen and oxygen atoms in total. The topological polar surface area (TPSA) is 79.4 Å². The average Bonchev–Trinajstić information content (AvgIpc) is 3.03. The predicted octanol–water partition coefficient (Wildman–Crippen LogP) is 5.07. The summed E-state index contributed by atoms with van der Waals surface area (Å²) in [5, 5.41) is 4.39. The van der Waals surface area contributed by atoms with Crippen molar-refractivity contribution >= 4 is 29.6 Å². The Morgan fingerprint density at radius 3 is 1.95 bits per heavy atom. The Kier molecular flexibility index (Phi) is 12.4. The molecule has 2 heterocycles. The smallest absolute Gasteiger partial charge is 0.319 e. The normalized spacial score (nSPS) is 19.7. The second-order valence-electron chi connectivity index (χ2n) is 12.7. The maximum atomic E-state index is 14.1. The number of hydrogen-bond acceptors (Lipinski definition) is 4. The summed E-state index contributed by atoms with van der Waals surface area (Å²) in [7, 11) is 3.68. The lowest BCUT2D eigenvalue weighted by Crippen LogP contribution is -2.58. The lowest BCUT2D eigenvalue weighted by molar-refractivity contribution is -0.135. The summed E-state index contributed by atoms with van der Waals surface area (Å²) in [6.07, 6.45) is 9.60. The fourth-order valence-electron chi connectivity index (χ4n) is 7.08. The molecule has 2 aliphatic heterocycles. The first kappa shape index (κ1) is 33.4. The number of rotatable bonds is 9. The Morgan fingerprint density at radius 2 is 1.40 bits per heavy atom. The molecule has 0 aromatic heterocycles. The van der Waals surface area contributed by atoms with Crippen molar-refractivity contribution in [3.8, 4) is 0 Å². The maximum Gasteiger partial charge on any atom is 0.319 e. The van der Waals surface area contributed by atoms with Crippen LogP contribution < -0.4 is 5.32 Å². The van der Waals surface area contributed by atoms with Gasteiger partial charge < -0.3 is 29.8 Å². The number of piperidine rings is 2. The molecule has 1 aromatic carbocycles. The van der Waals surface area contributed by atoms with E-state index in [1.165, 1.54) is 19.3 Å². The Morgan fingerprint density at radius 1 is 0.837 bits per heavy atom. The zero-order valence-electron chi connectivity index (χ0n) is 26.8. The predicted molar refractivity (Wildman–Crippen MR) is 172 cm³/mol. The van der Waals surface area contributed by atoms with E-state index in [0.29, 0.717) is 56.8 Å². The van der Waals surface area contributed by atoms with Gasteiger partial charge in [0.2, 0.25) is 5.91 Å².